The van der Waals surface area contributed by atoms with Crippen LogP contribution in [0.2, 0.25) is 0 Å². The van der Waals surface area contributed by atoms with E-state index in [1.54, 1.807) is 0 Å². The van der Waals surface area contributed by atoms with Gasteiger partial charge >= 0.3 is 19.5 Å². The van der Waals surface area contributed by atoms with Crippen molar-refractivity contribution in [2.45, 2.75) is 159 Å². The SMILES string of the molecule is CCC(CC)C(C)OP(=S)([S-])OC(C)C(CC)CC.CCC(CC)C(C)OP(=S)([S-])OC(C)C(CC)CC.[Zn+2]. The number of rotatable bonds is 20. The minimum atomic E-state index is -2.55. The van der Waals surface area contributed by atoms with Gasteiger partial charge in [0.25, 0.3) is 0 Å². The molecule has 0 heterocycles. The zero-order chi connectivity index (χ0) is 30.1. The minimum absolute atomic E-state index is 0. The fraction of sp³-hybridized carbons (Fsp3) is 1.00. The molecule has 0 fully saturated rings. The topological polar surface area (TPSA) is 36.9 Å². The van der Waals surface area contributed by atoms with E-state index in [0.29, 0.717) is 23.7 Å². The zero-order valence-electron chi connectivity index (χ0n) is 27.1. The van der Waals surface area contributed by atoms with Gasteiger partial charge in [0, 0.05) is 0 Å². The van der Waals surface area contributed by atoms with Gasteiger partial charge in [0.05, 0.1) is 35.8 Å². The van der Waals surface area contributed by atoms with Crippen LogP contribution in [0.4, 0.5) is 0 Å². The first-order valence-corrected chi connectivity index (χ1v) is 22.3. The van der Waals surface area contributed by atoms with Gasteiger partial charge in [-0.15, -0.1) is 0 Å². The Morgan fingerprint density at radius 3 is 0.667 bits per heavy atom. The van der Waals surface area contributed by atoms with Gasteiger partial charge in [-0.1, -0.05) is 130 Å². The molecule has 0 aromatic rings. The largest absolute Gasteiger partial charge is 2.00 e. The third kappa shape index (κ3) is 20.2. The standard InChI is InChI=1S/2C14H31O2PS2.Zn/c2*1-7-13(8-2)11(5)15-17(18,19)16-12(6)14(9-3)10-4;/h2*11-14H,7-10H2,1-6H3,(H,18,19);/q;;+2/p-2. The van der Waals surface area contributed by atoms with Gasteiger partial charge in [0.2, 0.25) is 0 Å². The van der Waals surface area contributed by atoms with E-state index in [1.807, 2.05) is 0 Å². The second-order valence-corrected chi connectivity index (χ2v) is 20.2. The third-order valence-electron chi connectivity index (χ3n) is 8.03. The van der Waals surface area contributed by atoms with E-state index in [0.717, 1.165) is 51.4 Å². The van der Waals surface area contributed by atoms with Gasteiger partial charge in [-0.05, 0) is 51.4 Å². The van der Waals surface area contributed by atoms with Gasteiger partial charge < -0.3 is 42.6 Å². The first-order valence-electron chi connectivity index (χ1n) is 15.0. The van der Waals surface area contributed by atoms with Crippen LogP contribution in [0.3, 0.4) is 0 Å². The second kappa shape index (κ2) is 24.7. The summed E-state index contributed by atoms with van der Waals surface area (Å²) in [7, 11) is 0. The molecule has 0 spiro atoms. The summed E-state index contributed by atoms with van der Waals surface area (Å²) < 4.78 is 23.6. The Labute approximate surface area is 277 Å². The van der Waals surface area contributed by atoms with Crippen LogP contribution in [-0.2, 0) is 85.7 Å². The van der Waals surface area contributed by atoms with Crippen LogP contribution in [-0.4, -0.2) is 24.4 Å². The van der Waals surface area contributed by atoms with Crippen molar-refractivity contribution >= 4 is 59.5 Å². The molecule has 0 aliphatic rings. The van der Waals surface area contributed by atoms with Crippen molar-refractivity contribution in [2.24, 2.45) is 23.7 Å². The molecule has 4 nitrogen and oxygen atoms in total. The molecule has 4 atom stereocenters. The maximum absolute atomic E-state index is 5.91. The van der Waals surface area contributed by atoms with Gasteiger partial charge in [-0.25, -0.2) is 0 Å². The molecule has 0 saturated heterocycles. The summed E-state index contributed by atoms with van der Waals surface area (Å²) in [6.07, 6.45) is 9.06. The Bertz CT molecular complexity index is 572. The molecule has 232 valence electrons. The van der Waals surface area contributed by atoms with Crippen LogP contribution < -0.4 is 0 Å². The molecular weight excluding hydrogens is 656 g/mol. The minimum Gasteiger partial charge on any atom is -0.691 e. The van der Waals surface area contributed by atoms with Crippen molar-refractivity contribution in [2.75, 3.05) is 0 Å². The van der Waals surface area contributed by atoms with Crippen molar-refractivity contribution < 1.29 is 37.6 Å². The van der Waals surface area contributed by atoms with Crippen molar-refractivity contribution in [3.8, 4) is 0 Å². The van der Waals surface area contributed by atoms with E-state index < -0.39 is 11.4 Å². The number of hydrogen-bond donors (Lipinski definition) is 0. The van der Waals surface area contributed by atoms with Crippen LogP contribution in [0.15, 0.2) is 0 Å². The second-order valence-electron chi connectivity index (χ2n) is 10.4. The van der Waals surface area contributed by atoms with Crippen molar-refractivity contribution in [3.05, 3.63) is 0 Å². The fourth-order valence-corrected chi connectivity index (χ4v) is 10.7. The van der Waals surface area contributed by atoms with E-state index >= 15 is 0 Å². The Morgan fingerprint density at radius 2 is 0.564 bits per heavy atom. The van der Waals surface area contributed by atoms with Gasteiger partial charge in [0.15, 0.2) is 0 Å². The van der Waals surface area contributed by atoms with Crippen LogP contribution in [0.1, 0.15) is 134 Å². The van der Waals surface area contributed by atoms with Crippen molar-refractivity contribution in [1.29, 1.82) is 0 Å². The van der Waals surface area contributed by atoms with Crippen molar-refractivity contribution in [3.63, 3.8) is 0 Å². The van der Waals surface area contributed by atoms with Gasteiger partial charge in [-0.2, -0.15) is 0 Å². The summed E-state index contributed by atoms with van der Waals surface area (Å²) >= 11 is 21.6. The summed E-state index contributed by atoms with van der Waals surface area (Å²) in [4.78, 5) is 0. The monoisotopic (exact) mass is 714 g/mol. The average molecular weight is 716 g/mol. The molecule has 11 heteroatoms. The fourth-order valence-electron chi connectivity index (χ4n) is 5.02. The summed E-state index contributed by atoms with van der Waals surface area (Å²) in [6.45, 7) is 25.7. The first-order chi connectivity index (χ1) is 17.6. The van der Waals surface area contributed by atoms with Gasteiger partial charge in [0.1, 0.15) is 0 Å². The molecule has 0 aliphatic heterocycles. The third-order valence-corrected chi connectivity index (χ3v) is 12.5. The van der Waals surface area contributed by atoms with Crippen LogP contribution in [0.25, 0.3) is 0 Å². The predicted octanol–water partition coefficient (Wildman–Crippen LogP) is 10.9. The normalized spacial score (nSPS) is 18.1. The van der Waals surface area contributed by atoms with Crippen molar-refractivity contribution in [1.82, 2.24) is 0 Å². The molecule has 0 saturated carbocycles. The van der Waals surface area contributed by atoms with Crippen LogP contribution >= 0.6 is 11.4 Å². The van der Waals surface area contributed by atoms with Gasteiger partial charge in [-0.3, -0.25) is 0 Å². The van der Waals surface area contributed by atoms with E-state index in [4.69, 9.17) is 66.2 Å². The quantitative estimate of drug-likeness (QED) is 0.0700. The molecule has 4 unspecified atom stereocenters. The summed E-state index contributed by atoms with van der Waals surface area (Å²) in [5, 5.41) is 0. The Morgan fingerprint density at radius 1 is 0.436 bits per heavy atom. The summed E-state index contributed by atoms with van der Waals surface area (Å²) in [6, 6.07) is 0. The first kappa shape index (κ1) is 45.9. The Kier molecular flexibility index (Phi) is 29.1. The molecule has 0 bridgehead atoms. The average Bonchev–Trinajstić information content (AvgIpc) is 2.81. The molecule has 0 N–H and O–H groups in total. The maximum Gasteiger partial charge on any atom is 2.00 e. The molecule has 39 heavy (non-hydrogen) atoms. The Hall–Kier alpha value is 2.46. The smallest absolute Gasteiger partial charge is 0.691 e. The van der Waals surface area contributed by atoms with E-state index in [-0.39, 0.29) is 43.9 Å². The maximum atomic E-state index is 5.91. The molecular formula is C28H60O4P2S4Zn. The molecule has 0 radical (unpaired) electrons. The van der Waals surface area contributed by atoms with E-state index in [2.05, 4.69) is 83.1 Å². The van der Waals surface area contributed by atoms with Crippen LogP contribution in [0.5, 0.6) is 0 Å². The van der Waals surface area contributed by atoms with Crippen LogP contribution in [0, 0.1) is 23.7 Å². The predicted molar refractivity (Wildman–Crippen MR) is 182 cm³/mol. The number of hydrogen-bond acceptors (Lipinski definition) is 8. The zero-order valence-corrected chi connectivity index (χ0v) is 35.2. The molecule has 0 aromatic heterocycles. The molecule has 0 aliphatic carbocycles. The molecule has 0 rings (SSSR count). The Balaban J connectivity index is -0.000000648. The molecule has 0 amide bonds. The van der Waals surface area contributed by atoms with E-state index in [9.17, 15) is 0 Å². The van der Waals surface area contributed by atoms with E-state index in [1.165, 1.54) is 0 Å². The summed E-state index contributed by atoms with van der Waals surface area (Å²) in [5.74, 6) is 2.05. The molecule has 0 aromatic carbocycles. The summed E-state index contributed by atoms with van der Waals surface area (Å²) in [5.41, 5.74) is -5.10.